The minimum absolute atomic E-state index is 0.405. The molecule has 0 unspecified atom stereocenters. The van der Waals surface area contributed by atoms with Gasteiger partial charge in [-0.15, -0.1) is 0 Å². The van der Waals surface area contributed by atoms with Crippen molar-refractivity contribution < 1.29 is 8.42 Å². The van der Waals surface area contributed by atoms with Gasteiger partial charge < -0.3 is 0 Å². The van der Waals surface area contributed by atoms with E-state index in [0.717, 1.165) is 28.8 Å². The first-order valence-corrected chi connectivity index (χ1v) is 10.9. The fourth-order valence-corrected chi connectivity index (χ4v) is 3.29. The third-order valence-electron chi connectivity index (χ3n) is 4.16. The summed E-state index contributed by atoms with van der Waals surface area (Å²) >= 11 is 0. The topological polar surface area (TPSA) is 97.7 Å². The van der Waals surface area contributed by atoms with E-state index in [-0.39, 0.29) is 0 Å². The second kappa shape index (κ2) is 8.37. The Balaban J connectivity index is 2.07. The van der Waals surface area contributed by atoms with Crippen molar-refractivity contribution in [3.63, 3.8) is 0 Å². The minimum Gasteiger partial charge on any atom is -0.282 e. The number of anilines is 1. The van der Waals surface area contributed by atoms with E-state index in [0.29, 0.717) is 29.1 Å². The molecule has 0 spiro atoms. The maximum absolute atomic E-state index is 11.6. The molecule has 0 saturated heterocycles. The van der Waals surface area contributed by atoms with Crippen molar-refractivity contribution in [2.45, 2.75) is 27.2 Å². The number of aryl methyl sites for hydroxylation is 3. The van der Waals surface area contributed by atoms with Crippen molar-refractivity contribution in [3.05, 3.63) is 65.1 Å². The van der Waals surface area contributed by atoms with E-state index in [1.807, 2.05) is 26.0 Å². The van der Waals surface area contributed by atoms with Crippen LogP contribution in [0.4, 0.5) is 5.69 Å². The lowest BCUT2D eigenvalue weighted by Gasteiger charge is -2.08. The number of nitrogens with one attached hydrogen (secondary N) is 1. The normalized spacial score (nSPS) is 10.9. The first-order valence-electron chi connectivity index (χ1n) is 9.00. The quantitative estimate of drug-likeness (QED) is 0.668. The van der Waals surface area contributed by atoms with E-state index in [9.17, 15) is 8.42 Å². The zero-order valence-electron chi connectivity index (χ0n) is 16.7. The van der Waals surface area contributed by atoms with E-state index in [1.165, 1.54) is 6.33 Å². The predicted octanol–water partition coefficient (Wildman–Crippen LogP) is 2.88. The molecule has 3 heterocycles. The smallest absolute Gasteiger partial charge is 0.229 e. The molecule has 0 aliphatic heterocycles. The largest absolute Gasteiger partial charge is 0.282 e. The molecule has 1 N–H and O–H groups in total. The summed E-state index contributed by atoms with van der Waals surface area (Å²) in [6.07, 6.45) is 6.70. The Morgan fingerprint density at radius 2 is 1.83 bits per heavy atom. The molecule has 29 heavy (non-hydrogen) atoms. The van der Waals surface area contributed by atoms with Crippen molar-refractivity contribution in [1.29, 1.82) is 0 Å². The van der Waals surface area contributed by atoms with Crippen molar-refractivity contribution in [3.8, 4) is 23.1 Å². The molecule has 0 aromatic carbocycles. The number of pyridine rings is 2. The minimum atomic E-state index is -3.41. The summed E-state index contributed by atoms with van der Waals surface area (Å²) in [5.41, 5.74) is 5.61. The van der Waals surface area contributed by atoms with Gasteiger partial charge in [-0.25, -0.2) is 18.4 Å². The third kappa shape index (κ3) is 5.15. The van der Waals surface area contributed by atoms with Crippen molar-refractivity contribution in [2.75, 3.05) is 11.0 Å². The summed E-state index contributed by atoms with van der Waals surface area (Å²) < 4.78 is 25.6. The van der Waals surface area contributed by atoms with Crippen LogP contribution >= 0.6 is 0 Å². The maximum atomic E-state index is 11.6. The molecular weight excluding hydrogens is 386 g/mol. The van der Waals surface area contributed by atoms with E-state index in [2.05, 4.69) is 36.5 Å². The Hall–Kier alpha value is -3.31. The third-order valence-corrected chi connectivity index (χ3v) is 4.75. The van der Waals surface area contributed by atoms with E-state index >= 15 is 0 Å². The van der Waals surface area contributed by atoms with Gasteiger partial charge in [-0.05, 0) is 38.5 Å². The van der Waals surface area contributed by atoms with Gasteiger partial charge in [-0.2, -0.15) is 0 Å². The van der Waals surface area contributed by atoms with Crippen LogP contribution in [0.3, 0.4) is 0 Å². The summed E-state index contributed by atoms with van der Waals surface area (Å²) in [7, 11) is -3.41. The van der Waals surface area contributed by atoms with E-state index < -0.39 is 10.0 Å². The van der Waals surface area contributed by atoms with Crippen LogP contribution in [0.15, 0.2) is 36.9 Å². The van der Waals surface area contributed by atoms with Crippen LogP contribution in [-0.4, -0.2) is 34.6 Å². The SMILES string of the molecule is CCc1ncnc(-c2ccc(C)nc2)c1C#Cc1cnc(C)c(NS(C)(=O)=O)c1. The molecule has 0 aliphatic carbocycles. The molecule has 3 aromatic heterocycles. The summed E-state index contributed by atoms with van der Waals surface area (Å²) in [4.78, 5) is 17.4. The number of hydrogen-bond acceptors (Lipinski definition) is 6. The Morgan fingerprint density at radius 1 is 1.03 bits per heavy atom. The van der Waals surface area contributed by atoms with Gasteiger partial charge >= 0.3 is 0 Å². The van der Waals surface area contributed by atoms with E-state index in [1.54, 1.807) is 25.4 Å². The van der Waals surface area contributed by atoms with Gasteiger partial charge in [-0.1, -0.05) is 18.8 Å². The highest BCUT2D eigenvalue weighted by Gasteiger charge is 2.11. The van der Waals surface area contributed by atoms with Gasteiger partial charge in [0.2, 0.25) is 10.0 Å². The lowest BCUT2D eigenvalue weighted by atomic mass is 10.0. The number of nitrogens with zero attached hydrogens (tertiary/aromatic N) is 4. The highest BCUT2D eigenvalue weighted by molar-refractivity contribution is 7.92. The van der Waals surface area contributed by atoms with Gasteiger partial charge in [0.15, 0.2) is 0 Å². The van der Waals surface area contributed by atoms with Crippen LogP contribution in [0, 0.1) is 25.7 Å². The maximum Gasteiger partial charge on any atom is 0.229 e. The van der Waals surface area contributed by atoms with Crippen LogP contribution in [0.25, 0.3) is 11.3 Å². The van der Waals surface area contributed by atoms with Gasteiger partial charge in [0.1, 0.15) is 6.33 Å². The van der Waals surface area contributed by atoms with Crippen molar-refractivity contribution >= 4 is 15.7 Å². The molecule has 0 bridgehead atoms. The highest BCUT2D eigenvalue weighted by atomic mass is 32.2. The Bertz CT molecular complexity index is 1210. The molecule has 8 heteroatoms. The van der Waals surface area contributed by atoms with Crippen LogP contribution in [0.2, 0.25) is 0 Å². The number of sulfonamides is 1. The summed E-state index contributed by atoms with van der Waals surface area (Å²) in [5.74, 6) is 6.21. The van der Waals surface area contributed by atoms with Crippen LogP contribution in [0.5, 0.6) is 0 Å². The van der Waals surface area contributed by atoms with Gasteiger partial charge in [-0.3, -0.25) is 14.7 Å². The second-order valence-corrected chi connectivity index (χ2v) is 8.32. The molecular formula is C21H21N5O2S. The average Bonchev–Trinajstić information content (AvgIpc) is 2.68. The number of aromatic nitrogens is 4. The molecule has 7 nitrogen and oxygen atoms in total. The lowest BCUT2D eigenvalue weighted by molar-refractivity contribution is 0.606. The number of hydrogen-bond donors (Lipinski definition) is 1. The molecule has 0 radical (unpaired) electrons. The molecule has 0 saturated carbocycles. The van der Waals surface area contributed by atoms with Crippen molar-refractivity contribution in [2.24, 2.45) is 0 Å². The molecule has 0 fully saturated rings. The van der Waals surface area contributed by atoms with Gasteiger partial charge in [0.25, 0.3) is 0 Å². The Labute approximate surface area is 170 Å². The zero-order valence-corrected chi connectivity index (χ0v) is 17.5. The van der Waals surface area contributed by atoms with E-state index in [4.69, 9.17) is 0 Å². The highest BCUT2D eigenvalue weighted by Crippen LogP contribution is 2.22. The summed E-state index contributed by atoms with van der Waals surface area (Å²) in [6, 6.07) is 5.54. The molecule has 0 amide bonds. The molecule has 0 aliphatic rings. The average molecular weight is 407 g/mol. The first-order chi connectivity index (χ1) is 13.8. The van der Waals surface area contributed by atoms with Crippen LogP contribution in [0.1, 0.15) is 35.1 Å². The molecule has 3 rings (SSSR count). The summed E-state index contributed by atoms with van der Waals surface area (Å²) in [5, 5.41) is 0. The van der Waals surface area contributed by atoms with Crippen molar-refractivity contribution in [1.82, 2.24) is 19.9 Å². The molecule has 3 aromatic rings. The predicted molar refractivity (Wildman–Crippen MR) is 113 cm³/mol. The second-order valence-electron chi connectivity index (χ2n) is 6.57. The fraction of sp³-hybridized carbons (Fsp3) is 0.238. The van der Waals surface area contributed by atoms with Gasteiger partial charge in [0.05, 0.1) is 34.6 Å². The molecule has 0 atom stereocenters. The monoisotopic (exact) mass is 407 g/mol. The lowest BCUT2D eigenvalue weighted by Crippen LogP contribution is -2.11. The summed E-state index contributed by atoms with van der Waals surface area (Å²) in [6.45, 7) is 5.66. The Kier molecular flexibility index (Phi) is 5.89. The molecule has 148 valence electrons. The van der Waals surface area contributed by atoms with Crippen LogP contribution in [-0.2, 0) is 16.4 Å². The Morgan fingerprint density at radius 3 is 2.48 bits per heavy atom. The number of rotatable bonds is 4. The first kappa shape index (κ1) is 20.4. The van der Waals surface area contributed by atoms with Gasteiger partial charge in [0, 0.05) is 29.2 Å². The standard InChI is InChI=1S/C21H21N5O2S/c1-5-19-18(21(25-13-24-19)17-8-6-14(2)22-12-17)9-7-16-10-20(15(3)23-11-16)26-29(4,27)28/h6,8,10-13,26H,5H2,1-4H3. The van der Waals surface area contributed by atoms with Crippen LogP contribution < -0.4 is 4.72 Å². The zero-order chi connectivity index (χ0) is 21.0. The fourth-order valence-electron chi connectivity index (χ4n) is 2.69.